The molecule has 0 heterocycles. The predicted molar refractivity (Wildman–Crippen MR) is 89.7 cm³/mol. The lowest BCUT2D eigenvalue weighted by Gasteiger charge is -2.62. The lowest BCUT2D eigenvalue weighted by atomic mass is 9.44. The molecule has 3 heteroatoms. The standard InChI is InChI=1S/C20H34O3/c1-18-7-4-12(21)10-16(18)17(22)11-13-14(18)5-8-19(2)15(13)6-9-20(19,3)23/h12-17,21-23H,4-11H2,1-3H3/t12-,13+,14-,15+,16+,17+,18+,19-,20-/m0/s1. The van der Waals surface area contributed by atoms with E-state index in [4.69, 9.17) is 0 Å². The van der Waals surface area contributed by atoms with Gasteiger partial charge in [-0.3, -0.25) is 0 Å². The van der Waals surface area contributed by atoms with Gasteiger partial charge in [0.1, 0.15) is 0 Å². The summed E-state index contributed by atoms with van der Waals surface area (Å²) in [6.07, 6.45) is 7.43. The Balaban J connectivity index is 1.68. The van der Waals surface area contributed by atoms with Crippen molar-refractivity contribution in [3.05, 3.63) is 0 Å². The van der Waals surface area contributed by atoms with Crippen molar-refractivity contribution in [3.8, 4) is 0 Å². The Bertz CT molecular complexity index is 489. The Morgan fingerprint density at radius 3 is 2.22 bits per heavy atom. The monoisotopic (exact) mass is 322 g/mol. The van der Waals surface area contributed by atoms with Crippen molar-refractivity contribution >= 4 is 0 Å². The van der Waals surface area contributed by atoms with Gasteiger partial charge < -0.3 is 15.3 Å². The molecule has 3 N–H and O–H groups in total. The Morgan fingerprint density at radius 1 is 0.783 bits per heavy atom. The second-order valence-corrected chi connectivity index (χ2v) is 9.99. The van der Waals surface area contributed by atoms with Gasteiger partial charge in [0.2, 0.25) is 0 Å². The summed E-state index contributed by atoms with van der Waals surface area (Å²) in [6.45, 7) is 6.72. The van der Waals surface area contributed by atoms with Gasteiger partial charge in [-0.2, -0.15) is 0 Å². The third-order valence-electron chi connectivity index (χ3n) is 9.21. The summed E-state index contributed by atoms with van der Waals surface area (Å²) >= 11 is 0. The third-order valence-corrected chi connectivity index (χ3v) is 9.21. The van der Waals surface area contributed by atoms with Gasteiger partial charge in [-0.15, -0.1) is 0 Å². The lowest BCUT2D eigenvalue weighted by Crippen LogP contribution is -2.59. The first-order valence-electron chi connectivity index (χ1n) is 9.77. The number of rotatable bonds is 0. The first kappa shape index (κ1) is 16.4. The van der Waals surface area contributed by atoms with Gasteiger partial charge in [0.15, 0.2) is 0 Å². The second-order valence-electron chi connectivity index (χ2n) is 9.99. The zero-order valence-corrected chi connectivity index (χ0v) is 15.0. The molecule has 3 nitrogen and oxygen atoms in total. The van der Waals surface area contributed by atoms with Crippen LogP contribution in [-0.2, 0) is 0 Å². The van der Waals surface area contributed by atoms with Crippen LogP contribution in [-0.4, -0.2) is 33.1 Å². The molecule has 0 bridgehead atoms. The van der Waals surface area contributed by atoms with E-state index in [1.165, 1.54) is 6.42 Å². The summed E-state index contributed by atoms with van der Waals surface area (Å²) in [5, 5.41) is 31.9. The smallest absolute Gasteiger partial charge is 0.0675 e. The van der Waals surface area contributed by atoms with Crippen molar-refractivity contribution in [2.24, 2.45) is 34.5 Å². The molecule has 0 aliphatic heterocycles. The maximum Gasteiger partial charge on any atom is 0.0675 e. The fourth-order valence-electron chi connectivity index (χ4n) is 7.52. The van der Waals surface area contributed by atoms with Crippen molar-refractivity contribution < 1.29 is 15.3 Å². The molecule has 0 unspecified atom stereocenters. The minimum Gasteiger partial charge on any atom is -0.393 e. The molecular weight excluding hydrogens is 288 g/mol. The minimum absolute atomic E-state index is 0.0191. The summed E-state index contributed by atoms with van der Waals surface area (Å²) < 4.78 is 0. The van der Waals surface area contributed by atoms with Crippen LogP contribution in [0.15, 0.2) is 0 Å². The summed E-state index contributed by atoms with van der Waals surface area (Å²) in [5.74, 6) is 2.03. The average Bonchev–Trinajstić information content (AvgIpc) is 2.72. The Morgan fingerprint density at radius 2 is 1.48 bits per heavy atom. The molecule has 0 aromatic rings. The molecule has 4 saturated carbocycles. The Labute approximate surface area is 140 Å². The molecule has 23 heavy (non-hydrogen) atoms. The number of hydrogen-bond donors (Lipinski definition) is 3. The van der Waals surface area contributed by atoms with Crippen LogP contribution in [0.2, 0.25) is 0 Å². The third kappa shape index (κ3) is 2.05. The summed E-state index contributed by atoms with van der Waals surface area (Å²) in [6, 6.07) is 0. The van der Waals surface area contributed by atoms with Gasteiger partial charge in [0, 0.05) is 0 Å². The topological polar surface area (TPSA) is 60.7 Å². The van der Waals surface area contributed by atoms with Crippen LogP contribution in [0.4, 0.5) is 0 Å². The van der Waals surface area contributed by atoms with Crippen LogP contribution in [0.1, 0.15) is 72.1 Å². The van der Waals surface area contributed by atoms with Gasteiger partial charge in [0.25, 0.3) is 0 Å². The van der Waals surface area contributed by atoms with E-state index < -0.39 is 5.60 Å². The summed E-state index contributed by atoms with van der Waals surface area (Å²) in [4.78, 5) is 0. The largest absolute Gasteiger partial charge is 0.393 e. The van der Waals surface area contributed by atoms with E-state index in [0.717, 1.165) is 44.9 Å². The molecule has 0 spiro atoms. The van der Waals surface area contributed by atoms with Crippen LogP contribution in [0.25, 0.3) is 0 Å². The highest BCUT2D eigenvalue weighted by Gasteiger charge is 2.64. The van der Waals surface area contributed by atoms with Crippen molar-refractivity contribution in [3.63, 3.8) is 0 Å². The van der Waals surface area contributed by atoms with Crippen molar-refractivity contribution in [2.75, 3.05) is 0 Å². The molecule has 4 rings (SSSR count). The fourth-order valence-corrected chi connectivity index (χ4v) is 7.52. The minimum atomic E-state index is -0.548. The first-order valence-corrected chi connectivity index (χ1v) is 9.77. The van der Waals surface area contributed by atoms with Crippen LogP contribution in [0.5, 0.6) is 0 Å². The average molecular weight is 322 g/mol. The molecule has 0 saturated heterocycles. The van der Waals surface area contributed by atoms with Crippen LogP contribution < -0.4 is 0 Å². The van der Waals surface area contributed by atoms with Gasteiger partial charge in [-0.25, -0.2) is 0 Å². The van der Waals surface area contributed by atoms with E-state index in [9.17, 15) is 15.3 Å². The molecule has 0 aromatic heterocycles. The predicted octanol–water partition coefficient (Wildman–Crippen LogP) is 3.11. The van der Waals surface area contributed by atoms with E-state index in [1.54, 1.807) is 0 Å². The molecule has 9 atom stereocenters. The number of aliphatic hydroxyl groups excluding tert-OH is 2. The van der Waals surface area contributed by atoms with E-state index in [2.05, 4.69) is 13.8 Å². The van der Waals surface area contributed by atoms with Gasteiger partial charge in [-0.1, -0.05) is 13.8 Å². The quantitative estimate of drug-likeness (QED) is 0.642. The maximum absolute atomic E-state index is 10.9. The molecule has 4 aliphatic carbocycles. The SMILES string of the molecule is C[C@]12CC[C@H](O)C[C@@H]1[C@H](O)C[C@H]1[C@H]3CC[C@](C)(O)[C@@]3(C)CC[C@@H]12. The highest BCUT2D eigenvalue weighted by Crippen LogP contribution is 2.68. The molecular formula is C20H34O3. The molecule has 0 amide bonds. The van der Waals surface area contributed by atoms with Crippen molar-refractivity contribution in [2.45, 2.75) is 89.9 Å². The van der Waals surface area contributed by atoms with Crippen LogP contribution >= 0.6 is 0 Å². The second kappa shape index (κ2) is 4.95. The molecule has 0 aromatic carbocycles. The zero-order chi connectivity index (χ0) is 16.6. The molecule has 4 fully saturated rings. The van der Waals surface area contributed by atoms with E-state index in [0.29, 0.717) is 17.8 Å². The number of aliphatic hydroxyl groups is 3. The highest BCUT2D eigenvalue weighted by atomic mass is 16.3. The Kier molecular flexibility index (Phi) is 3.52. The van der Waals surface area contributed by atoms with Gasteiger partial charge in [-0.05, 0) is 92.8 Å². The van der Waals surface area contributed by atoms with E-state index in [-0.39, 0.29) is 29.0 Å². The first-order chi connectivity index (χ1) is 10.7. The van der Waals surface area contributed by atoms with Crippen molar-refractivity contribution in [1.82, 2.24) is 0 Å². The van der Waals surface area contributed by atoms with Crippen LogP contribution in [0, 0.1) is 34.5 Å². The van der Waals surface area contributed by atoms with Gasteiger partial charge in [0.05, 0.1) is 17.8 Å². The van der Waals surface area contributed by atoms with Crippen LogP contribution in [0.3, 0.4) is 0 Å². The normalized spacial score (nSPS) is 62.3. The highest BCUT2D eigenvalue weighted by molar-refractivity contribution is 5.14. The summed E-state index contributed by atoms with van der Waals surface area (Å²) in [7, 11) is 0. The number of hydrogen-bond acceptors (Lipinski definition) is 3. The van der Waals surface area contributed by atoms with Crippen molar-refractivity contribution in [1.29, 1.82) is 0 Å². The maximum atomic E-state index is 10.9. The number of fused-ring (bicyclic) bond motifs is 5. The molecule has 0 radical (unpaired) electrons. The summed E-state index contributed by atoms with van der Waals surface area (Å²) in [5.41, 5.74) is -0.350. The van der Waals surface area contributed by atoms with Gasteiger partial charge >= 0.3 is 0 Å². The fraction of sp³-hybridized carbons (Fsp3) is 1.00. The molecule has 132 valence electrons. The van der Waals surface area contributed by atoms with E-state index in [1.807, 2.05) is 6.92 Å². The molecule has 4 aliphatic rings. The van der Waals surface area contributed by atoms with E-state index >= 15 is 0 Å². The lowest BCUT2D eigenvalue weighted by molar-refractivity contribution is -0.185. The zero-order valence-electron chi connectivity index (χ0n) is 15.0. The Hall–Kier alpha value is -0.120.